The van der Waals surface area contributed by atoms with Crippen LogP contribution in [0.2, 0.25) is 0 Å². The van der Waals surface area contributed by atoms with Crippen LogP contribution in [0.3, 0.4) is 0 Å². The third-order valence-corrected chi connectivity index (χ3v) is 4.03. The molecule has 7 nitrogen and oxygen atoms in total. The van der Waals surface area contributed by atoms with Crippen LogP contribution >= 0.6 is 0 Å². The van der Waals surface area contributed by atoms with Crippen LogP contribution in [0.15, 0.2) is 61.7 Å². The maximum atomic E-state index is 9.18. The third-order valence-electron chi connectivity index (χ3n) is 4.03. The lowest BCUT2D eigenvalue weighted by molar-refractivity contribution is -0.268. The molecule has 4 N–H and O–H groups in total. The van der Waals surface area contributed by atoms with Crippen LogP contribution in [0.5, 0.6) is 11.5 Å². The molecule has 2 rings (SSSR count). The highest BCUT2D eigenvalue weighted by molar-refractivity contribution is 5.68. The van der Waals surface area contributed by atoms with Gasteiger partial charge >= 0.3 is 0 Å². The summed E-state index contributed by atoms with van der Waals surface area (Å²) in [4.78, 5) is 8.38. The molecule has 0 radical (unpaired) electrons. The molecule has 2 aromatic rings. The van der Waals surface area contributed by atoms with Gasteiger partial charge in [0, 0.05) is 0 Å². The second-order valence-electron chi connectivity index (χ2n) is 5.76. The van der Waals surface area contributed by atoms with Gasteiger partial charge in [-0.25, -0.2) is 9.78 Å². The average Bonchev–Trinajstić information content (AvgIpc) is 2.70. The molecule has 0 spiro atoms. The van der Waals surface area contributed by atoms with Gasteiger partial charge in [-0.15, -0.1) is 0 Å². The van der Waals surface area contributed by atoms with Crippen molar-refractivity contribution >= 4 is 11.1 Å². The zero-order valence-electron chi connectivity index (χ0n) is 14.6. The normalized spacial score (nSPS) is 13.0. The molecule has 0 aromatic heterocycles. The second kappa shape index (κ2) is 9.98. The number of aliphatic hydroxyl groups is 2. The molecule has 2 unspecified atom stereocenters. The first kappa shape index (κ1) is 20.8. The van der Waals surface area contributed by atoms with E-state index in [1.165, 1.54) is 0 Å². The standard InChI is InChI=1S/C20H22O7/c1-13(19(11-21)26-23)15-6-8-17(9-7-15)25-18-5-3-4-16(10-18)14(2)20(12-22)27-24/h3-10,19-24H,1-2,11-12H2. The fourth-order valence-electron chi connectivity index (χ4n) is 2.42. The van der Waals surface area contributed by atoms with E-state index in [-0.39, 0.29) is 0 Å². The van der Waals surface area contributed by atoms with Gasteiger partial charge in [0.25, 0.3) is 0 Å². The van der Waals surface area contributed by atoms with E-state index in [0.29, 0.717) is 33.8 Å². The monoisotopic (exact) mass is 374 g/mol. The molecule has 0 saturated carbocycles. The SMILES string of the molecule is C=C(c1ccc(Oc2cccc(C(=C)C(CO)OO)c2)cc1)C(CO)OO. The van der Waals surface area contributed by atoms with Crippen molar-refractivity contribution in [1.29, 1.82) is 0 Å². The molecule has 7 heteroatoms. The first-order valence-corrected chi connectivity index (χ1v) is 8.12. The van der Waals surface area contributed by atoms with Crippen LogP contribution < -0.4 is 4.74 Å². The number of ether oxygens (including phenoxy) is 1. The summed E-state index contributed by atoms with van der Waals surface area (Å²) in [6.07, 6.45) is -1.81. The predicted octanol–water partition coefficient (Wildman–Crippen LogP) is 3.21. The summed E-state index contributed by atoms with van der Waals surface area (Å²) in [5.74, 6) is 1.08. The number of benzene rings is 2. The summed E-state index contributed by atoms with van der Waals surface area (Å²) in [7, 11) is 0. The molecule has 0 saturated heterocycles. The first-order chi connectivity index (χ1) is 13.0. The molecular weight excluding hydrogens is 352 g/mol. The zero-order valence-corrected chi connectivity index (χ0v) is 14.6. The first-order valence-electron chi connectivity index (χ1n) is 8.12. The Morgan fingerprint density at radius 3 is 1.85 bits per heavy atom. The molecule has 144 valence electrons. The van der Waals surface area contributed by atoms with Crippen molar-refractivity contribution in [1.82, 2.24) is 0 Å². The summed E-state index contributed by atoms with van der Waals surface area (Å²) in [5.41, 5.74) is 2.18. The van der Waals surface area contributed by atoms with E-state index in [9.17, 15) is 5.11 Å². The van der Waals surface area contributed by atoms with Gasteiger partial charge in [0.15, 0.2) is 0 Å². The molecule has 0 aliphatic carbocycles. The second-order valence-corrected chi connectivity index (χ2v) is 5.76. The van der Waals surface area contributed by atoms with Crippen LogP contribution in [-0.4, -0.2) is 46.1 Å². The topological polar surface area (TPSA) is 109 Å². The molecule has 0 aliphatic rings. The van der Waals surface area contributed by atoms with Crippen molar-refractivity contribution in [2.45, 2.75) is 12.2 Å². The highest BCUT2D eigenvalue weighted by atomic mass is 17.1. The molecule has 0 aliphatic heterocycles. The van der Waals surface area contributed by atoms with Crippen LogP contribution in [0.1, 0.15) is 11.1 Å². The van der Waals surface area contributed by atoms with E-state index in [2.05, 4.69) is 22.9 Å². The Morgan fingerprint density at radius 1 is 0.778 bits per heavy atom. The number of hydrogen-bond acceptors (Lipinski definition) is 7. The van der Waals surface area contributed by atoms with Crippen LogP contribution in [0.4, 0.5) is 0 Å². The van der Waals surface area contributed by atoms with Crippen LogP contribution in [0.25, 0.3) is 11.1 Å². The summed E-state index contributed by atoms with van der Waals surface area (Å²) in [6.45, 7) is 6.81. The molecule has 0 amide bonds. The molecular formula is C20H22O7. The lowest BCUT2D eigenvalue weighted by Gasteiger charge is -2.15. The fraction of sp³-hybridized carbons (Fsp3) is 0.200. The van der Waals surface area contributed by atoms with Crippen molar-refractivity contribution in [2.75, 3.05) is 13.2 Å². The average molecular weight is 374 g/mol. The van der Waals surface area contributed by atoms with Crippen molar-refractivity contribution in [2.24, 2.45) is 0 Å². The van der Waals surface area contributed by atoms with Crippen molar-refractivity contribution in [3.05, 3.63) is 72.8 Å². The van der Waals surface area contributed by atoms with Gasteiger partial charge < -0.3 is 14.9 Å². The fourth-order valence-corrected chi connectivity index (χ4v) is 2.42. The molecule has 27 heavy (non-hydrogen) atoms. The number of rotatable bonds is 10. The lowest BCUT2D eigenvalue weighted by atomic mass is 10.0. The molecule has 0 heterocycles. The summed E-state index contributed by atoms with van der Waals surface area (Å²) in [5, 5.41) is 35.9. The zero-order chi connectivity index (χ0) is 19.8. The van der Waals surface area contributed by atoms with Crippen LogP contribution in [-0.2, 0) is 9.78 Å². The van der Waals surface area contributed by atoms with E-state index < -0.39 is 25.4 Å². The van der Waals surface area contributed by atoms with Crippen molar-refractivity contribution in [3.8, 4) is 11.5 Å². The van der Waals surface area contributed by atoms with Crippen molar-refractivity contribution < 1.29 is 35.2 Å². The number of aliphatic hydroxyl groups excluding tert-OH is 2. The van der Waals surface area contributed by atoms with E-state index in [1.54, 1.807) is 48.5 Å². The molecule has 0 fully saturated rings. The Kier molecular flexibility index (Phi) is 7.68. The smallest absolute Gasteiger partial charge is 0.141 e. The minimum Gasteiger partial charge on any atom is -0.457 e. The Morgan fingerprint density at radius 2 is 1.33 bits per heavy atom. The minimum absolute atomic E-state index is 0.392. The highest BCUT2D eigenvalue weighted by Gasteiger charge is 2.15. The third kappa shape index (κ3) is 5.24. The van der Waals surface area contributed by atoms with E-state index in [0.717, 1.165) is 0 Å². The van der Waals surface area contributed by atoms with Gasteiger partial charge in [-0.05, 0) is 46.5 Å². The minimum atomic E-state index is -0.918. The molecule has 2 atom stereocenters. The van der Waals surface area contributed by atoms with Gasteiger partial charge in [0.1, 0.15) is 23.7 Å². The van der Waals surface area contributed by atoms with Gasteiger partial charge in [-0.1, -0.05) is 37.4 Å². The van der Waals surface area contributed by atoms with E-state index in [1.807, 2.05) is 0 Å². The molecule has 2 aromatic carbocycles. The summed E-state index contributed by atoms with van der Waals surface area (Å²) < 4.78 is 5.80. The Hall–Kier alpha value is -2.52. The highest BCUT2D eigenvalue weighted by Crippen LogP contribution is 2.28. The largest absolute Gasteiger partial charge is 0.457 e. The Labute approximate surface area is 156 Å². The van der Waals surface area contributed by atoms with Gasteiger partial charge in [0.2, 0.25) is 0 Å². The summed E-state index contributed by atoms with van der Waals surface area (Å²) in [6, 6.07) is 13.8. The van der Waals surface area contributed by atoms with Crippen molar-refractivity contribution in [3.63, 3.8) is 0 Å². The molecule has 0 bridgehead atoms. The van der Waals surface area contributed by atoms with E-state index in [4.69, 9.17) is 20.4 Å². The number of hydrogen-bond donors (Lipinski definition) is 4. The quantitative estimate of drug-likeness (QED) is 0.373. The van der Waals surface area contributed by atoms with Gasteiger partial charge in [-0.3, -0.25) is 10.5 Å². The lowest BCUT2D eigenvalue weighted by Crippen LogP contribution is -2.17. The van der Waals surface area contributed by atoms with Crippen LogP contribution in [0, 0.1) is 0 Å². The predicted molar refractivity (Wildman–Crippen MR) is 100 cm³/mol. The van der Waals surface area contributed by atoms with E-state index >= 15 is 0 Å². The Balaban J connectivity index is 2.12. The van der Waals surface area contributed by atoms with Gasteiger partial charge in [0.05, 0.1) is 13.2 Å². The maximum absolute atomic E-state index is 9.18. The maximum Gasteiger partial charge on any atom is 0.141 e. The summed E-state index contributed by atoms with van der Waals surface area (Å²) >= 11 is 0. The van der Waals surface area contributed by atoms with Gasteiger partial charge in [-0.2, -0.15) is 0 Å². The Bertz CT molecular complexity index is 762.